The quantitative estimate of drug-likeness (QED) is 0.755. The highest BCUT2D eigenvalue weighted by Gasteiger charge is 2.05. The van der Waals surface area contributed by atoms with Crippen LogP contribution >= 0.6 is 11.3 Å². The fourth-order valence-electron chi connectivity index (χ4n) is 2.03. The fourth-order valence-corrected chi connectivity index (χ4v) is 2.94. The van der Waals surface area contributed by atoms with Gasteiger partial charge in [0.1, 0.15) is 5.01 Å². The van der Waals surface area contributed by atoms with Gasteiger partial charge in [0.25, 0.3) is 0 Å². The van der Waals surface area contributed by atoms with Gasteiger partial charge < -0.3 is 15.4 Å². The summed E-state index contributed by atoms with van der Waals surface area (Å²) in [5, 5.41) is 6.47. The smallest absolute Gasteiger partial charge is 0.315 e. The maximum absolute atomic E-state index is 11.8. The first-order valence-corrected chi connectivity index (χ1v) is 7.91. The van der Waals surface area contributed by atoms with Crippen molar-refractivity contribution in [3.63, 3.8) is 0 Å². The molecule has 118 valence electrons. The third kappa shape index (κ3) is 3.95. The van der Waals surface area contributed by atoms with Crippen molar-refractivity contribution in [3.05, 3.63) is 53.2 Å². The van der Waals surface area contributed by atoms with Crippen molar-refractivity contribution >= 4 is 27.6 Å². The first-order valence-electron chi connectivity index (χ1n) is 7.09. The van der Waals surface area contributed by atoms with E-state index in [1.54, 1.807) is 30.7 Å². The van der Waals surface area contributed by atoms with Crippen molar-refractivity contribution in [2.24, 2.45) is 0 Å². The molecule has 3 aromatic rings. The molecular formula is C16H16N4O2S. The SMILES string of the molecule is COc1ccc(CNC(=O)NCc2nc3ccccc3s2)cn1. The second-order valence-electron chi connectivity index (χ2n) is 4.82. The Morgan fingerprint density at radius 1 is 1.17 bits per heavy atom. The number of amides is 2. The molecule has 7 heteroatoms. The number of carbonyl (C=O) groups excluding carboxylic acids is 1. The zero-order valence-corrected chi connectivity index (χ0v) is 13.4. The topological polar surface area (TPSA) is 76.1 Å². The van der Waals surface area contributed by atoms with Crippen molar-refractivity contribution < 1.29 is 9.53 Å². The van der Waals surface area contributed by atoms with Gasteiger partial charge in [0, 0.05) is 18.8 Å². The summed E-state index contributed by atoms with van der Waals surface area (Å²) in [5.74, 6) is 0.550. The van der Waals surface area contributed by atoms with Gasteiger partial charge in [-0.15, -0.1) is 11.3 Å². The third-order valence-electron chi connectivity index (χ3n) is 3.20. The van der Waals surface area contributed by atoms with E-state index < -0.39 is 0 Å². The normalized spacial score (nSPS) is 10.5. The minimum atomic E-state index is -0.236. The molecule has 0 radical (unpaired) electrons. The van der Waals surface area contributed by atoms with Gasteiger partial charge in [0.15, 0.2) is 0 Å². The molecule has 2 aromatic heterocycles. The van der Waals surface area contributed by atoms with Gasteiger partial charge >= 0.3 is 6.03 Å². The summed E-state index contributed by atoms with van der Waals surface area (Å²) >= 11 is 1.58. The Balaban J connectivity index is 1.49. The first-order chi connectivity index (χ1) is 11.2. The molecule has 2 amide bonds. The van der Waals surface area contributed by atoms with E-state index in [1.807, 2.05) is 30.3 Å². The lowest BCUT2D eigenvalue weighted by Gasteiger charge is -2.06. The van der Waals surface area contributed by atoms with Crippen LogP contribution in [-0.2, 0) is 13.1 Å². The van der Waals surface area contributed by atoms with Gasteiger partial charge in [-0.2, -0.15) is 0 Å². The van der Waals surface area contributed by atoms with Gasteiger partial charge in [-0.1, -0.05) is 18.2 Å². The summed E-state index contributed by atoms with van der Waals surface area (Å²) in [6.07, 6.45) is 1.67. The number of fused-ring (bicyclic) bond motifs is 1. The Labute approximate surface area is 137 Å². The number of nitrogens with zero attached hydrogens (tertiary/aromatic N) is 2. The molecule has 0 aliphatic rings. The van der Waals surface area contributed by atoms with E-state index >= 15 is 0 Å². The molecule has 0 fully saturated rings. The van der Waals surface area contributed by atoms with Crippen LogP contribution in [0.3, 0.4) is 0 Å². The van der Waals surface area contributed by atoms with Crippen LogP contribution in [0.15, 0.2) is 42.6 Å². The lowest BCUT2D eigenvalue weighted by atomic mass is 10.3. The summed E-state index contributed by atoms with van der Waals surface area (Å²) in [6.45, 7) is 0.814. The van der Waals surface area contributed by atoms with Crippen LogP contribution in [0.4, 0.5) is 4.79 Å². The number of hydrogen-bond donors (Lipinski definition) is 2. The Morgan fingerprint density at radius 3 is 2.74 bits per heavy atom. The highest BCUT2D eigenvalue weighted by Crippen LogP contribution is 2.21. The minimum Gasteiger partial charge on any atom is -0.481 e. The molecule has 6 nitrogen and oxygen atoms in total. The third-order valence-corrected chi connectivity index (χ3v) is 4.23. The molecule has 0 aliphatic carbocycles. The van der Waals surface area contributed by atoms with Crippen LogP contribution < -0.4 is 15.4 Å². The fraction of sp³-hybridized carbons (Fsp3) is 0.188. The number of aromatic nitrogens is 2. The number of urea groups is 1. The molecule has 0 saturated carbocycles. The number of nitrogens with one attached hydrogen (secondary N) is 2. The van der Waals surface area contributed by atoms with E-state index in [9.17, 15) is 4.79 Å². The lowest BCUT2D eigenvalue weighted by Crippen LogP contribution is -2.34. The van der Waals surface area contributed by atoms with Crippen LogP contribution in [0.25, 0.3) is 10.2 Å². The Morgan fingerprint density at radius 2 is 2.00 bits per heavy atom. The van der Waals surface area contributed by atoms with Crippen molar-refractivity contribution in [3.8, 4) is 5.88 Å². The largest absolute Gasteiger partial charge is 0.481 e. The second-order valence-corrected chi connectivity index (χ2v) is 5.94. The van der Waals surface area contributed by atoms with Crippen molar-refractivity contribution in [2.75, 3.05) is 7.11 Å². The molecule has 23 heavy (non-hydrogen) atoms. The number of methoxy groups -OCH3 is 1. The van der Waals surface area contributed by atoms with E-state index in [4.69, 9.17) is 4.74 Å². The molecular weight excluding hydrogens is 312 g/mol. The van der Waals surface area contributed by atoms with E-state index in [1.165, 1.54) is 0 Å². The molecule has 3 rings (SSSR count). The van der Waals surface area contributed by atoms with E-state index in [-0.39, 0.29) is 6.03 Å². The Hall–Kier alpha value is -2.67. The first kappa shape index (κ1) is 15.2. The van der Waals surface area contributed by atoms with E-state index in [2.05, 4.69) is 20.6 Å². The standard InChI is InChI=1S/C16H16N4O2S/c1-22-14-7-6-11(8-17-14)9-18-16(21)19-10-15-20-12-4-2-3-5-13(12)23-15/h2-8H,9-10H2,1H3,(H2,18,19,21). The molecule has 0 bridgehead atoms. The second kappa shape index (κ2) is 7.06. The van der Waals surface area contributed by atoms with Gasteiger partial charge in [-0.05, 0) is 17.7 Å². The number of thiazole rings is 1. The Kier molecular flexibility index (Phi) is 4.68. The molecule has 2 N–H and O–H groups in total. The average Bonchev–Trinajstić information content (AvgIpc) is 3.01. The van der Waals surface area contributed by atoms with Crippen LogP contribution in [0.5, 0.6) is 5.88 Å². The van der Waals surface area contributed by atoms with Crippen molar-refractivity contribution in [2.45, 2.75) is 13.1 Å². The molecule has 0 atom stereocenters. The number of hydrogen-bond acceptors (Lipinski definition) is 5. The van der Waals surface area contributed by atoms with Gasteiger partial charge in [0.2, 0.25) is 5.88 Å². The number of rotatable bonds is 5. The molecule has 0 aliphatic heterocycles. The summed E-state index contributed by atoms with van der Waals surface area (Å²) in [6, 6.07) is 11.3. The van der Waals surface area contributed by atoms with Crippen LogP contribution in [0.1, 0.15) is 10.6 Å². The number of para-hydroxylation sites is 1. The molecule has 2 heterocycles. The highest BCUT2D eigenvalue weighted by molar-refractivity contribution is 7.18. The average molecular weight is 328 g/mol. The van der Waals surface area contributed by atoms with Crippen LogP contribution in [-0.4, -0.2) is 23.1 Å². The van der Waals surface area contributed by atoms with E-state index in [0.717, 1.165) is 20.8 Å². The predicted molar refractivity (Wildman–Crippen MR) is 89.5 cm³/mol. The van der Waals surface area contributed by atoms with Crippen molar-refractivity contribution in [1.29, 1.82) is 0 Å². The van der Waals surface area contributed by atoms with Crippen molar-refractivity contribution in [1.82, 2.24) is 20.6 Å². The molecule has 0 unspecified atom stereocenters. The zero-order valence-electron chi connectivity index (χ0n) is 12.6. The maximum atomic E-state index is 11.8. The lowest BCUT2D eigenvalue weighted by molar-refractivity contribution is 0.240. The number of ether oxygens (including phenoxy) is 1. The monoisotopic (exact) mass is 328 g/mol. The highest BCUT2D eigenvalue weighted by atomic mass is 32.1. The van der Waals surface area contributed by atoms with Gasteiger partial charge in [-0.25, -0.2) is 14.8 Å². The maximum Gasteiger partial charge on any atom is 0.315 e. The number of carbonyl (C=O) groups is 1. The number of pyridine rings is 1. The summed E-state index contributed by atoms with van der Waals surface area (Å²) in [5.41, 5.74) is 1.86. The van der Waals surface area contributed by atoms with Crippen LogP contribution in [0.2, 0.25) is 0 Å². The summed E-state index contributed by atoms with van der Waals surface area (Å²) in [7, 11) is 1.57. The van der Waals surface area contributed by atoms with E-state index in [0.29, 0.717) is 19.0 Å². The van der Waals surface area contributed by atoms with Gasteiger partial charge in [-0.3, -0.25) is 0 Å². The van der Waals surface area contributed by atoms with Gasteiger partial charge in [0.05, 0.1) is 23.9 Å². The Bertz CT molecular complexity index is 768. The summed E-state index contributed by atoms with van der Waals surface area (Å²) in [4.78, 5) is 20.4. The minimum absolute atomic E-state index is 0.236. The predicted octanol–water partition coefficient (Wildman–Crippen LogP) is 2.70. The zero-order chi connectivity index (χ0) is 16.1. The summed E-state index contributed by atoms with van der Waals surface area (Å²) < 4.78 is 6.11. The molecule has 0 spiro atoms. The molecule has 0 saturated heterocycles. The molecule has 1 aromatic carbocycles. The van der Waals surface area contributed by atoms with Crippen LogP contribution in [0, 0.1) is 0 Å². The number of benzene rings is 1.